The number of Topliss-reactive ketones (excluding diaryl/α,β-unsaturated/α-hetero) is 1. The Kier molecular flexibility index (Phi) is 7.42. The van der Waals surface area contributed by atoms with E-state index in [1.807, 2.05) is 13.0 Å². The molecule has 0 bridgehead atoms. The first-order valence-corrected chi connectivity index (χ1v) is 9.91. The fraction of sp³-hybridized carbons (Fsp3) is 0.636. The Morgan fingerprint density at radius 3 is 2.67 bits per heavy atom. The number of rotatable bonds is 8. The van der Waals surface area contributed by atoms with Crippen molar-refractivity contribution in [3.63, 3.8) is 0 Å². The molecule has 1 aromatic rings. The van der Waals surface area contributed by atoms with Crippen LogP contribution < -0.4 is 10.1 Å². The summed E-state index contributed by atoms with van der Waals surface area (Å²) in [6.45, 7) is 11.3. The highest BCUT2D eigenvalue weighted by Crippen LogP contribution is 2.20. The molecule has 1 aliphatic rings. The summed E-state index contributed by atoms with van der Waals surface area (Å²) in [4.78, 5) is 27.3. The molecule has 5 nitrogen and oxygen atoms in total. The first-order valence-electron chi connectivity index (χ1n) is 9.91. The molecule has 5 heteroatoms. The summed E-state index contributed by atoms with van der Waals surface area (Å²) in [5.41, 5.74) is 1.23. The van der Waals surface area contributed by atoms with Crippen LogP contribution in [-0.2, 0) is 4.79 Å². The minimum Gasteiger partial charge on any atom is -0.497 e. The third-order valence-electron chi connectivity index (χ3n) is 5.15. The van der Waals surface area contributed by atoms with Crippen LogP contribution in [0.15, 0.2) is 18.2 Å². The van der Waals surface area contributed by atoms with Crippen LogP contribution in [0.4, 0.5) is 0 Å². The molecule has 0 aromatic heterocycles. The minimum atomic E-state index is -0.298. The number of carbonyl (C=O) groups excluding carboxylic acids is 2. The molecule has 1 aromatic carbocycles. The van der Waals surface area contributed by atoms with Crippen molar-refractivity contribution in [3.05, 3.63) is 29.3 Å². The normalized spacial score (nSPS) is 18.2. The molecule has 0 aliphatic carbocycles. The monoisotopic (exact) mass is 374 g/mol. The van der Waals surface area contributed by atoms with Crippen LogP contribution >= 0.6 is 0 Å². The van der Waals surface area contributed by atoms with Crippen LogP contribution in [0.25, 0.3) is 0 Å². The van der Waals surface area contributed by atoms with E-state index < -0.39 is 0 Å². The standard InChI is InChI=1S/C22H34N2O3/c1-16-7-6-12-24(14-16)15-22(3,4)23-21(26)11-10-20(25)19-9-8-18(27-5)13-17(19)2/h8-9,13,16H,6-7,10-12,14-15H2,1-5H3,(H,23,26). The highest BCUT2D eigenvalue weighted by molar-refractivity contribution is 5.99. The zero-order valence-electron chi connectivity index (χ0n) is 17.4. The summed E-state index contributed by atoms with van der Waals surface area (Å²) in [7, 11) is 1.60. The number of likely N-dealkylation sites (tertiary alicyclic amines) is 1. The number of aryl methyl sites for hydroxylation is 1. The second kappa shape index (κ2) is 9.36. The summed E-state index contributed by atoms with van der Waals surface area (Å²) in [5, 5.41) is 3.11. The van der Waals surface area contributed by atoms with Gasteiger partial charge in [0.25, 0.3) is 0 Å². The van der Waals surface area contributed by atoms with E-state index in [0.717, 1.165) is 36.9 Å². The molecule has 2 rings (SSSR count). The first kappa shape index (κ1) is 21.4. The quantitative estimate of drug-likeness (QED) is 0.707. The molecule has 0 radical (unpaired) electrons. The number of nitrogens with zero attached hydrogens (tertiary/aromatic N) is 1. The SMILES string of the molecule is COc1ccc(C(=O)CCC(=O)NC(C)(C)CN2CCCC(C)C2)c(C)c1. The van der Waals surface area contributed by atoms with E-state index >= 15 is 0 Å². The van der Waals surface area contributed by atoms with Crippen molar-refractivity contribution >= 4 is 11.7 Å². The van der Waals surface area contributed by atoms with Crippen LogP contribution in [0.2, 0.25) is 0 Å². The first-order chi connectivity index (χ1) is 12.7. The van der Waals surface area contributed by atoms with Crippen molar-refractivity contribution in [1.82, 2.24) is 10.2 Å². The number of carbonyl (C=O) groups is 2. The molecule has 1 fully saturated rings. The van der Waals surface area contributed by atoms with Gasteiger partial charge in [0, 0.05) is 37.0 Å². The van der Waals surface area contributed by atoms with Gasteiger partial charge in [-0.15, -0.1) is 0 Å². The molecule has 1 atom stereocenters. The Hall–Kier alpha value is -1.88. The molecule has 1 amide bonds. The van der Waals surface area contributed by atoms with E-state index in [1.165, 1.54) is 12.8 Å². The summed E-state index contributed by atoms with van der Waals surface area (Å²) in [6, 6.07) is 5.40. The molecule has 1 heterocycles. The summed E-state index contributed by atoms with van der Waals surface area (Å²) in [5.74, 6) is 1.38. The predicted molar refractivity (Wildman–Crippen MR) is 108 cm³/mol. The lowest BCUT2D eigenvalue weighted by molar-refractivity contribution is -0.122. The van der Waals surface area contributed by atoms with Crippen LogP contribution in [-0.4, -0.2) is 48.9 Å². The summed E-state index contributed by atoms with van der Waals surface area (Å²) >= 11 is 0. The zero-order chi connectivity index (χ0) is 20.0. The lowest BCUT2D eigenvalue weighted by Crippen LogP contribution is -2.53. The second-order valence-electron chi connectivity index (χ2n) is 8.52. The number of methoxy groups -OCH3 is 1. The van der Waals surface area contributed by atoms with E-state index in [0.29, 0.717) is 5.56 Å². The van der Waals surface area contributed by atoms with Crippen LogP contribution in [0.1, 0.15) is 62.4 Å². The molecule has 1 aliphatic heterocycles. The van der Waals surface area contributed by atoms with Crippen LogP contribution in [0.5, 0.6) is 5.75 Å². The van der Waals surface area contributed by atoms with E-state index in [-0.39, 0.29) is 30.1 Å². The number of ether oxygens (including phenoxy) is 1. The maximum Gasteiger partial charge on any atom is 0.220 e. The van der Waals surface area contributed by atoms with E-state index in [4.69, 9.17) is 4.74 Å². The lowest BCUT2D eigenvalue weighted by Gasteiger charge is -2.37. The largest absolute Gasteiger partial charge is 0.497 e. The van der Waals surface area contributed by atoms with Gasteiger partial charge in [-0.2, -0.15) is 0 Å². The lowest BCUT2D eigenvalue weighted by atomic mass is 9.97. The maximum absolute atomic E-state index is 12.5. The molecule has 150 valence electrons. The number of hydrogen-bond acceptors (Lipinski definition) is 4. The molecule has 0 spiro atoms. The van der Waals surface area contributed by atoms with Crippen LogP contribution in [0, 0.1) is 12.8 Å². The van der Waals surface area contributed by atoms with Gasteiger partial charge in [-0.3, -0.25) is 9.59 Å². The Morgan fingerprint density at radius 2 is 2.04 bits per heavy atom. The van der Waals surface area contributed by atoms with E-state index in [9.17, 15) is 9.59 Å². The van der Waals surface area contributed by atoms with Gasteiger partial charge in [0.2, 0.25) is 5.91 Å². The fourth-order valence-corrected chi connectivity index (χ4v) is 3.91. The van der Waals surface area contributed by atoms with E-state index in [2.05, 4.69) is 31.0 Å². The number of hydrogen-bond donors (Lipinski definition) is 1. The Balaban J connectivity index is 1.83. The van der Waals surface area contributed by atoms with Crippen molar-refractivity contribution in [2.24, 2.45) is 5.92 Å². The highest BCUT2D eigenvalue weighted by Gasteiger charge is 2.26. The number of ketones is 1. The summed E-state index contributed by atoms with van der Waals surface area (Å²) in [6.07, 6.45) is 2.94. The zero-order valence-corrected chi connectivity index (χ0v) is 17.4. The number of amides is 1. The van der Waals surface area contributed by atoms with Gasteiger partial charge in [0.15, 0.2) is 5.78 Å². The average molecular weight is 375 g/mol. The van der Waals surface area contributed by atoms with Gasteiger partial charge in [0.1, 0.15) is 5.75 Å². The average Bonchev–Trinajstić information content (AvgIpc) is 2.58. The topological polar surface area (TPSA) is 58.6 Å². The van der Waals surface area contributed by atoms with Crippen molar-refractivity contribution in [2.45, 2.75) is 58.9 Å². The Labute approximate surface area is 163 Å². The predicted octanol–water partition coefficient (Wildman–Crippen LogP) is 3.59. The second-order valence-corrected chi connectivity index (χ2v) is 8.52. The molecule has 27 heavy (non-hydrogen) atoms. The van der Waals surface area contributed by atoms with Gasteiger partial charge < -0.3 is 15.0 Å². The van der Waals surface area contributed by atoms with Crippen molar-refractivity contribution in [2.75, 3.05) is 26.7 Å². The van der Waals surface area contributed by atoms with Crippen molar-refractivity contribution in [1.29, 1.82) is 0 Å². The fourth-order valence-electron chi connectivity index (χ4n) is 3.91. The van der Waals surface area contributed by atoms with Gasteiger partial charge >= 0.3 is 0 Å². The molecular formula is C22H34N2O3. The third kappa shape index (κ3) is 6.65. The Morgan fingerprint density at radius 1 is 1.30 bits per heavy atom. The van der Waals surface area contributed by atoms with Gasteiger partial charge in [0.05, 0.1) is 7.11 Å². The van der Waals surface area contributed by atoms with Gasteiger partial charge in [-0.1, -0.05) is 6.92 Å². The minimum absolute atomic E-state index is 0.00651. The van der Waals surface area contributed by atoms with E-state index in [1.54, 1.807) is 19.2 Å². The van der Waals surface area contributed by atoms with Gasteiger partial charge in [-0.05, 0) is 69.8 Å². The van der Waals surface area contributed by atoms with Gasteiger partial charge in [-0.25, -0.2) is 0 Å². The Bertz CT molecular complexity index is 670. The summed E-state index contributed by atoms with van der Waals surface area (Å²) < 4.78 is 5.17. The molecule has 1 unspecified atom stereocenters. The number of nitrogens with one attached hydrogen (secondary N) is 1. The number of benzene rings is 1. The maximum atomic E-state index is 12.5. The third-order valence-corrected chi connectivity index (χ3v) is 5.15. The molecule has 1 saturated heterocycles. The smallest absolute Gasteiger partial charge is 0.220 e. The molecule has 0 saturated carbocycles. The van der Waals surface area contributed by atoms with Crippen molar-refractivity contribution in [3.8, 4) is 5.75 Å². The van der Waals surface area contributed by atoms with Crippen molar-refractivity contribution < 1.29 is 14.3 Å². The molecule has 1 N–H and O–H groups in total. The highest BCUT2D eigenvalue weighted by atomic mass is 16.5. The molecular weight excluding hydrogens is 340 g/mol. The van der Waals surface area contributed by atoms with Crippen LogP contribution in [0.3, 0.4) is 0 Å². The number of piperidine rings is 1.